The molecule has 0 rings (SSSR count). The van der Waals surface area contributed by atoms with E-state index in [1.165, 1.54) is 88.4 Å². The zero-order chi connectivity index (χ0) is 21.6. The Morgan fingerprint density at radius 2 is 0.966 bits per heavy atom. The molecule has 0 unspecified atom stereocenters. The van der Waals surface area contributed by atoms with Crippen LogP contribution in [0.1, 0.15) is 136 Å². The lowest BCUT2D eigenvalue weighted by molar-refractivity contribution is -0.144. The Labute approximate surface area is 180 Å². The van der Waals surface area contributed by atoms with Gasteiger partial charge in [0.1, 0.15) is 6.54 Å². The molecule has 0 saturated carbocycles. The van der Waals surface area contributed by atoms with Crippen LogP contribution < -0.4 is 0 Å². The van der Waals surface area contributed by atoms with E-state index in [0.29, 0.717) is 13.0 Å². The van der Waals surface area contributed by atoms with Crippen LogP contribution in [-0.4, -0.2) is 35.0 Å². The summed E-state index contributed by atoms with van der Waals surface area (Å²) >= 11 is 0. The molecule has 4 nitrogen and oxygen atoms in total. The normalized spacial score (nSPS) is 11.0. The number of rotatable bonds is 22. The van der Waals surface area contributed by atoms with Crippen molar-refractivity contribution < 1.29 is 14.7 Å². The zero-order valence-electron chi connectivity index (χ0n) is 19.6. The summed E-state index contributed by atoms with van der Waals surface area (Å²) in [5, 5.41) is 9.00. The summed E-state index contributed by atoms with van der Waals surface area (Å²) in [6.07, 6.45) is 23.2. The van der Waals surface area contributed by atoms with Crippen molar-refractivity contribution in [1.82, 2.24) is 4.90 Å². The van der Waals surface area contributed by atoms with Crippen LogP contribution in [0.2, 0.25) is 0 Å². The van der Waals surface area contributed by atoms with Crippen LogP contribution in [0.15, 0.2) is 0 Å². The third-order valence-electron chi connectivity index (χ3n) is 5.70. The minimum atomic E-state index is -0.911. The lowest BCUT2D eigenvalue weighted by Gasteiger charge is -2.20. The van der Waals surface area contributed by atoms with Crippen LogP contribution in [-0.2, 0) is 9.59 Å². The minimum Gasteiger partial charge on any atom is -0.480 e. The van der Waals surface area contributed by atoms with E-state index < -0.39 is 5.97 Å². The molecule has 172 valence electrons. The van der Waals surface area contributed by atoms with Crippen LogP contribution in [0.5, 0.6) is 0 Å². The number of carboxylic acids is 1. The molecule has 4 heteroatoms. The van der Waals surface area contributed by atoms with Crippen molar-refractivity contribution in [3.63, 3.8) is 0 Å². The Morgan fingerprint density at radius 1 is 0.586 bits per heavy atom. The number of nitrogens with zero attached hydrogens (tertiary/aromatic N) is 1. The largest absolute Gasteiger partial charge is 0.480 e. The van der Waals surface area contributed by atoms with Crippen LogP contribution in [0.4, 0.5) is 0 Å². The minimum absolute atomic E-state index is 0.0122. The first-order valence-electron chi connectivity index (χ1n) is 12.6. The molecule has 29 heavy (non-hydrogen) atoms. The lowest BCUT2D eigenvalue weighted by atomic mass is 10.0. The number of carbonyl (C=O) groups excluding carboxylic acids is 1. The summed E-state index contributed by atoms with van der Waals surface area (Å²) in [6.45, 7) is 4.81. The van der Waals surface area contributed by atoms with Gasteiger partial charge >= 0.3 is 5.97 Å². The first-order valence-corrected chi connectivity index (χ1v) is 12.6. The molecule has 0 saturated heterocycles. The van der Waals surface area contributed by atoms with Crippen LogP contribution in [0.25, 0.3) is 0 Å². The lowest BCUT2D eigenvalue weighted by Crippen LogP contribution is -2.36. The van der Waals surface area contributed by atoms with Gasteiger partial charge in [-0.3, -0.25) is 9.59 Å². The molecule has 0 aliphatic heterocycles. The Kier molecular flexibility index (Phi) is 20.9. The van der Waals surface area contributed by atoms with E-state index in [1.54, 1.807) is 0 Å². The third-order valence-corrected chi connectivity index (χ3v) is 5.70. The summed E-state index contributed by atoms with van der Waals surface area (Å²) in [4.78, 5) is 24.8. The average Bonchev–Trinajstić information content (AvgIpc) is 2.69. The van der Waals surface area contributed by atoms with Gasteiger partial charge in [0.15, 0.2) is 0 Å². The van der Waals surface area contributed by atoms with Crippen LogP contribution in [0, 0.1) is 0 Å². The fraction of sp³-hybridized carbons (Fsp3) is 0.920. The van der Waals surface area contributed by atoms with E-state index in [1.807, 2.05) is 0 Å². The molecule has 0 heterocycles. The molecule has 0 aromatic heterocycles. The molecular formula is C25H49NO3. The number of amides is 1. The average molecular weight is 412 g/mol. The van der Waals surface area contributed by atoms with Crippen molar-refractivity contribution in [2.45, 2.75) is 136 Å². The van der Waals surface area contributed by atoms with Gasteiger partial charge in [-0.15, -0.1) is 0 Å². The molecule has 0 aromatic carbocycles. The Bertz CT molecular complexity index is 384. The van der Waals surface area contributed by atoms with Gasteiger partial charge in [0.05, 0.1) is 0 Å². The summed E-state index contributed by atoms with van der Waals surface area (Å²) in [7, 11) is 0. The Morgan fingerprint density at radius 3 is 1.38 bits per heavy atom. The van der Waals surface area contributed by atoms with Crippen molar-refractivity contribution >= 4 is 11.9 Å². The monoisotopic (exact) mass is 411 g/mol. The summed E-state index contributed by atoms with van der Waals surface area (Å²) in [6, 6.07) is 0. The number of unbranched alkanes of at least 4 members (excludes halogenated alkanes) is 16. The molecule has 0 radical (unpaired) electrons. The van der Waals surface area contributed by atoms with Crippen molar-refractivity contribution in [2.24, 2.45) is 0 Å². The Balaban J connectivity index is 3.51. The van der Waals surface area contributed by atoms with Crippen LogP contribution in [0.3, 0.4) is 0 Å². The summed E-state index contributed by atoms with van der Waals surface area (Å²) in [5.74, 6) is -0.899. The molecule has 0 aromatic rings. The summed E-state index contributed by atoms with van der Waals surface area (Å²) < 4.78 is 0. The first kappa shape index (κ1) is 27.9. The fourth-order valence-electron chi connectivity index (χ4n) is 3.81. The second-order valence-corrected chi connectivity index (χ2v) is 8.62. The predicted octanol–water partition coefficient (Wildman–Crippen LogP) is 7.35. The quantitative estimate of drug-likeness (QED) is 0.189. The van der Waals surface area contributed by atoms with Gasteiger partial charge in [-0.25, -0.2) is 0 Å². The SMILES string of the molecule is CCCCCCCCCCCCCCCCCC(=O)N(CCCCC)CC(=O)O. The van der Waals surface area contributed by atoms with E-state index in [2.05, 4.69) is 13.8 Å². The maximum absolute atomic E-state index is 12.3. The predicted molar refractivity (Wildman–Crippen MR) is 123 cm³/mol. The molecule has 1 N–H and O–H groups in total. The van der Waals surface area contributed by atoms with Gasteiger partial charge in [0, 0.05) is 13.0 Å². The fourth-order valence-corrected chi connectivity index (χ4v) is 3.81. The van der Waals surface area contributed by atoms with Gasteiger partial charge in [0.2, 0.25) is 5.91 Å². The highest BCUT2D eigenvalue weighted by atomic mass is 16.4. The van der Waals surface area contributed by atoms with Gasteiger partial charge in [-0.2, -0.15) is 0 Å². The molecule has 0 aliphatic carbocycles. The highest BCUT2D eigenvalue weighted by Gasteiger charge is 2.15. The van der Waals surface area contributed by atoms with Gasteiger partial charge in [-0.1, -0.05) is 117 Å². The Hall–Kier alpha value is -1.06. The number of carboxylic acid groups (broad SMARTS) is 1. The molecule has 0 aliphatic rings. The molecular weight excluding hydrogens is 362 g/mol. The number of aliphatic carboxylic acids is 1. The highest BCUT2D eigenvalue weighted by molar-refractivity contribution is 5.81. The smallest absolute Gasteiger partial charge is 0.323 e. The number of carbonyl (C=O) groups is 2. The van der Waals surface area contributed by atoms with E-state index in [-0.39, 0.29) is 12.5 Å². The third kappa shape index (κ3) is 20.0. The van der Waals surface area contributed by atoms with Gasteiger partial charge in [0.25, 0.3) is 0 Å². The number of hydrogen-bond donors (Lipinski definition) is 1. The van der Waals surface area contributed by atoms with E-state index in [0.717, 1.165) is 32.1 Å². The molecule has 1 amide bonds. The molecule has 0 spiro atoms. The van der Waals surface area contributed by atoms with Gasteiger partial charge < -0.3 is 10.0 Å². The first-order chi connectivity index (χ1) is 14.1. The summed E-state index contributed by atoms with van der Waals surface area (Å²) in [5.41, 5.74) is 0. The number of hydrogen-bond acceptors (Lipinski definition) is 2. The maximum atomic E-state index is 12.3. The van der Waals surface area contributed by atoms with E-state index in [9.17, 15) is 9.59 Å². The highest BCUT2D eigenvalue weighted by Crippen LogP contribution is 2.14. The van der Waals surface area contributed by atoms with Crippen LogP contribution >= 0.6 is 0 Å². The second kappa shape index (κ2) is 21.6. The molecule has 0 fully saturated rings. The van der Waals surface area contributed by atoms with E-state index >= 15 is 0 Å². The molecule has 0 atom stereocenters. The van der Waals surface area contributed by atoms with Crippen molar-refractivity contribution in [3.05, 3.63) is 0 Å². The van der Waals surface area contributed by atoms with Crippen molar-refractivity contribution in [2.75, 3.05) is 13.1 Å². The second-order valence-electron chi connectivity index (χ2n) is 8.62. The van der Waals surface area contributed by atoms with Crippen molar-refractivity contribution in [3.8, 4) is 0 Å². The van der Waals surface area contributed by atoms with Crippen molar-refractivity contribution in [1.29, 1.82) is 0 Å². The van der Waals surface area contributed by atoms with Gasteiger partial charge in [-0.05, 0) is 12.8 Å². The maximum Gasteiger partial charge on any atom is 0.323 e. The van der Waals surface area contributed by atoms with E-state index in [4.69, 9.17) is 5.11 Å². The topological polar surface area (TPSA) is 57.6 Å². The zero-order valence-corrected chi connectivity index (χ0v) is 19.6. The standard InChI is InChI=1S/C25H49NO3/c1-3-5-7-8-9-10-11-12-13-14-15-16-17-18-19-21-24(27)26(23-25(28)29)22-20-6-4-2/h3-23H2,1-2H3,(H,28,29). The molecule has 0 bridgehead atoms.